The molecule has 0 saturated heterocycles. The summed E-state index contributed by atoms with van der Waals surface area (Å²) >= 11 is 0. The van der Waals surface area contributed by atoms with Crippen LogP contribution in [0.3, 0.4) is 0 Å². The van der Waals surface area contributed by atoms with Crippen LogP contribution in [-0.4, -0.2) is 30.2 Å². The molecule has 8 heteroatoms. The normalized spacial score (nSPS) is 11.2. The lowest BCUT2D eigenvalue weighted by Gasteiger charge is -2.07. The minimum Gasteiger partial charge on any atom is -0.370 e. The van der Waals surface area contributed by atoms with Crippen molar-refractivity contribution in [1.82, 2.24) is 24.3 Å². The summed E-state index contributed by atoms with van der Waals surface area (Å²) in [6.07, 6.45) is 5.74. The van der Waals surface area contributed by atoms with E-state index in [9.17, 15) is 4.79 Å². The number of fused-ring (bicyclic) bond motifs is 2. The molecule has 4 aromatic rings. The summed E-state index contributed by atoms with van der Waals surface area (Å²) in [5, 5.41) is 9.45. The van der Waals surface area contributed by atoms with E-state index in [4.69, 9.17) is 5.73 Å². The number of amides is 1. The predicted molar refractivity (Wildman–Crippen MR) is 95.3 cm³/mol. The summed E-state index contributed by atoms with van der Waals surface area (Å²) in [6, 6.07) is 7.88. The summed E-state index contributed by atoms with van der Waals surface area (Å²) in [7, 11) is 1.90. The van der Waals surface area contributed by atoms with Crippen LogP contribution in [0.15, 0.2) is 42.9 Å². The maximum atomic E-state index is 11.0. The maximum absolute atomic E-state index is 11.0. The largest absolute Gasteiger partial charge is 0.370 e. The van der Waals surface area contributed by atoms with Gasteiger partial charge in [-0.1, -0.05) is 0 Å². The average Bonchev–Trinajstić information content (AvgIpc) is 3.17. The predicted octanol–water partition coefficient (Wildman–Crippen LogP) is 1.94. The molecule has 8 nitrogen and oxygen atoms in total. The van der Waals surface area contributed by atoms with Gasteiger partial charge in [0.1, 0.15) is 5.65 Å². The number of nitrogens with zero attached hydrogens (tertiary/aromatic N) is 5. The van der Waals surface area contributed by atoms with Crippen LogP contribution in [0.4, 0.5) is 11.6 Å². The molecule has 0 fully saturated rings. The Bertz CT molecular complexity index is 1080. The number of aromatic nitrogens is 5. The van der Waals surface area contributed by atoms with Gasteiger partial charge in [-0.15, -0.1) is 0 Å². The van der Waals surface area contributed by atoms with Crippen LogP contribution in [0.5, 0.6) is 0 Å². The Balaban J connectivity index is 1.64. The molecule has 0 aliphatic carbocycles. The van der Waals surface area contributed by atoms with Gasteiger partial charge in [0, 0.05) is 48.9 Å². The van der Waals surface area contributed by atoms with Crippen molar-refractivity contribution in [2.75, 3.05) is 5.32 Å². The van der Waals surface area contributed by atoms with E-state index in [0.29, 0.717) is 12.5 Å². The van der Waals surface area contributed by atoms with E-state index in [0.717, 1.165) is 27.6 Å². The summed E-state index contributed by atoms with van der Waals surface area (Å²) in [5.41, 5.74) is 7.90. The average molecular weight is 335 g/mol. The third kappa shape index (κ3) is 2.89. The molecule has 0 saturated carbocycles. The molecule has 0 bridgehead atoms. The monoisotopic (exact) mass is 335 g/mol. The maximum Gasteiger partial charge on any atom is 0.229 e. The van der Waals surface area contributed by atoms with Gasteiger partial charge in [-0.2, -0.15) is 10.1 Å². The van der Waals surface area contributed by atoms with E-state index < -0.39 is 0 Å². The molecule has 0 aliphatic heterocycles. The zero-order valence-electron chi connectivity index (χ0n) is 13.7. The molecule has 25 heavy (non-hydrogen) atoms. The van der Waals surface area contributed by atoms with Gasteiger partial charge in [-0.3, -0.25) is 9.48 Å². The van der Waals surface area contributed by atoms with E-state index in [1.807, 2.05) is 53.0 Å². The Morgan fingerprint density at radius 1 is 1.24 bits per heavy atom. The van der Waals surface area contributed by atoms with Gasteiger partial charge in [0.2, 0.25) is 11.9 Å². The van der Waals surface area contributed by atoms with E-state index in [2.05, 4.69) is 20.4 Å². The molecular weight excluding hydrogens is 318 g/mol. The number of carbonyl (C=O) groups excluding carboxylic acids is 1. The number of carbonyl (C=O) groups is 1. The van der Waals surface area contributed by atoms with Crippen molar-refractivity contribution in [3.8, 4) is 0 Å². The molecule has 4 rings (SSSR count). The molecule has 126 valence electrons. The second kappa shape index (κ2) is 5.90. The molecule has 1 aromatic carbocycles. The molecular formula is C17H17N7O. The first kappa shape index (κ1) is 15.1. The second-order valence-electron chi connectivity index (χ2n) is 5.86. The highest BCUT2D eigenvalue weighted by atomic mass is 16.1. The summed E-state index contributed by atoms with van der Waals surface area (Å²) in [6.45, 7) is 0.496. The van der Waals surface area contributed by atoms with Crippen LogP contribution in [0.1, 0.15) is 6.42 Å². The molecule has 0 aliphatic rings. The lowest BCUT2D eigenvalue weighted by molar-refractivity contribution is -0.118. The van der Waals surface area contributed by atoms with Crippen LogP contribution >= 0.6 is 0 Å². The highest BCUT2D eigenvalue weighted by Gasteiger charge is 2.08. The van der Waals surface area contributed by atoms with Gasteiger partial charge >= 0.3 is 0 Å². The number of benzene rings is 1. The third-order valence-corrected chi connectivity index (χ3v) is 4.11. The lowest BCUT2D eigenvalue weighted by Crippen LogP contribution is -2.13. The summed E-state index contributed by atoms with van der Waals surface area (Å²) in [4.78, 5) is 19.9. The van der Waals surface area contributed by atoms with Crippen LogP contribution < -0.4 is 11.1 Å². The quantitative estimate of drug-likeness (QED) is 0.580. The zero-order valence-corrected chi connectivity index (χ0v) is 13.7. The minimum absolute atomic E-state index is 0.272. The summed E-state index contributed by atoms with van der Waals surface area (Å²) in [5.74, 6) is 0.159. The van der Waals surface area contributed by atoms with E-state index in [1.165, 1.54) is 0 Å². The molecule has 3 N–H and O–H groups in total. The van der Waals surface area contributed by atoms with Gasteiger partial charge in [0.25, 0.3) is 0 Å². The Morgan fingerprint density at radius 2 is 2.12 bits per heavy atom. The number of hydrogen-bond donors (Lipinski definition) is 2. The van der Waals surface area contributed by atoms with Crippen molar-refractivity contribution in [2.45, 2.75) is 13.0 Å². The third-order valence-electron chi connectivity index (χ3n) is 4.11. The van der Waals surface area contributed by atoms with Crippen LogP contribution in [-0.2, 0) is 18.4 Å². The fourth-order valence-corrected chi connectivity index (χ4v) is 2.79. The van der Waals surface area contributed by atoms with Gasteiger partial charge in [0.15, 0.2) is 0 Å². The van der Waals surface area contributed by atoms with Gasteiger partial charge in [-0.25, -0.2) is 4.98 Å². The van der Waals surface area contributed by atoms with Crippen molar-refractivity contribution in [3.63, 3.8) is 0 Å². The molecule has 0 spiro atoms. The topological polar surface area (TPSA) is 104 Å². The van der Waals surface area contributed by atoms with E-state index in [-0.39, 0.29) is 12.3 Å². The van der Waals surface area contributed by atoms with E-state index in [1.54, 1.807) is 6.20 Å². The number of anilines is 2. The highest BCUT2D eigenvalue weighted by Crippen LogP contribution is 2.22. The van der Waals surface area contributed by atoms with Crippen LogP contribution in [0, 0.1) is 0 Å². The Morgan fingerprint density at radius 3 is 2.96 bits per heavy atom. The van der Waals surface area contributed by atoms with Gasteiger partial charge < -0.3 is 15.6 Å². The molecule has 3 heterocycles. The molecule has 0 unspecified atom stereocenters. The number of rotatable bonds is 5. The first-order chi connectivity index (χ1) is 12.1. The van der Waals surface area contributed by atoms with Gasteiger partial charge in [0.05, 0.1) is 11.7 Å². The molecule has 0 atom stereocenters. The number of primary amides is 1. The Labute approximate surface area is 143 Å². The van der Waals surface area contributed by atoms with Crippen molar-refractivity contribution >= 4 is 39.5 Å². The first-order valence-electron chi connectivity index (χ1n) is 7.89. The first-order valence-corrected chi connectivity index (χ1v) is 7.89. The van der Waals surface area contributed by atoms with E-state index >= 15 is 0 Å². The number of aryl methyl sites for hydroxylation is 2. The van der Waals surface area contributed by atoms with Crippen LogP contribution in [0.25, 0.3) is 21.9 Å². The lowest BCUT2D eigenvalue weighted by atomic mass is 10.2. The molecule has 3 aromatic heterocycles. The standard InChI is InChI=1S/C17H17N7O/c1-23-14-8-13(3-2-11(14)10-20-23)21-17-19-9-12-4-6-24(16(12)22-17)7-5-15(18)25/h2-4,6,8-10H,5,7H2,1H3,(H2,18,25)(H,19,21,22). The number of nitrogens with two attached hydrogens (primary N) is 1. The Hall–Kier alpha value is -3.42. The fraction of sp³-hybridized carbons (Fsp3) is 0.176. The molecule has 1 amide bonds. The van der Waals surface area contributed by atoms with Crippen molar-refractivity contribution in [3.05, 3.63) is 42.9 Å². The zero-order chi connectivity index (χ0) is 17.4. The van der Waals surface area contributed by atoms with Crippen molar-refractivity contribution < 1.29 is 4.79 Å². The second-order valence-corrected chi connectivity index (χ2v) is 5.86. The SMILES string of the molecule is Cn1ncc2ccc(Nc3ncc4ccn(CCC(N)=O)c4n3)cc21. The smallest absolute Gasteiger partial charge is 0.229 e. The number of nitrogens with one attached hydrogen (secondary N) is 1. The molecule has 0 radical (unpaired) electrons. The fourth-order valence-electron chi connectivity index (χ4n) is 2.79. The van der Waals surface area contributed by atoms with Crippen LogP contribution in [0.2, 0.25) is 0 Å². The van der Waals surface area contributed by atoms with Crippen molar-refractivity contribution in [1.29, 1.82) is 0 Å². The van der Waals surface area contributed by atoms with Crippen molar-refractivity contribution in [2.24, 2.45) is 12.8 Å². The highest BCUT2D eigenvalue weighted by molar-refractivity contribution is 5.83. The summed E-state index contributed by atoms with van der Waals surface area (Å²) < 4.78 is 3.72. The number of hydrogen-bond acceptors (Lipinski definition) is 5. The Kier molecular flexibility index (Phi) is 3.57. The minimum atomic E-state index is -0.335. The van der Waals surface area contributed by atoms with Gasteiger partial charge in [-0.05, 0) is 24.3 Å².